The first kappa shape index (κ1) is 10.5. The summed E-state index contributed by atoms with van der Waals surface area (Å²) in [4.78, 5) is 0. The second kappa shape index (κ2) is 3.52. The van der Waals surface area contributed by atoms with Gasteiger partial charge in [0.05, 0.1) is 0 Å². The molecular weight excluding hydrogens is 203 g/mol. The third-order valence-corrected chi connectivity index (χ3v) is 2.77. The predicted octanol–water partition coefficient (Wildman–Crippen LogP) is 2.34. The van der Waals surface area contributed by atoms with Crippen molar-refractivity contribution in [1.82, 2.24) is 0 Å². The Hall–Kier alpha value is -1.03. The Bertz CT molecular complexity index is 372. The summed E-state index contributed by atoms with van der Waals surface area (Å²) in [5.41, 5.74) is 4.10. The van der Waals surface area contributed by atoms with Crippen LogP contribution in [0, 0.1) is 11.6 Å². The maximum atomic E-state index is 13.8. The molecule has 0 saturated heterocycles. The van der Waals surface area contributed by atoms with Crippen molar-refractivity contribution in [3.63, 3.8) is 0 Å². The molecule has 0 radical (unpaired) electrons. The molecule has 0 heterocycles. The molecule has 15 heavy (non-hydrogen) atoms. The van der Waals surface area contributed by atoms with Gasteiger partial charge in [0.1, 0.15) is 17.3 Å². The molecule has 82 valence electrons. The van der Waals surface area contributed by atoms with Crippen LogP contribution in [0.5, 0.6) is 0 Å². The normalized spacial score (nSPS) is 30.0. The first-order valence-electron chi connectivity index (χ1n) is 4.87. The van der Waals surface area contributed by atoms with Crippen molar-refractivity contribution in [2.75, 3.05) is 0 Å². The highest BCUT2D eigenvalue weighted by Crippen LogP contribution is 2.38. The molecule has 1 aromatic carbocycles. The monoisotopic (exact) mass is 215 g/mol. The topological polar surface area (TPSA) is 26.0 Å². The average molecular weight is 215 g/mol. The van der Waals surface area contributed by atoms with Crippen LogP contribution in [0.1, 0.15) is 18.4 Å². The third-order valence-electron chi connectivity index (χ3n) is 2.77. The molecule has 1 fully saturated rings. The van der Waals surface area contributed by atoms with Crippen LogP contribution in [0.2, 0.25) is 0 Å². The second-order valence-electron chi connectivity index (χ2n) is 4.23. The molecule has 0 amide bonds. The Morgan fingerprint density at radius 2 is 2.00 bits per heavy atom. The number of hydrogen-bond acceptors (Lipinski definition) is 1. The molecule has 0 atom stereocenters. The Balaban J connectivity index is 2.14. The van der Waals surface area contributed by atoms with Crippen LogP contribution >= 0.6 is 0 Å². The van der Waals surface area contributed by atoms with Gasteiger partial charge in [0, 0.05) is 12.5 Å². The lowest BCUT2D eigenvalue weighted by Gasteiger charge is -2.39. The van der Waals surface area contributed by atoms with E-state index in [4.69, 9.17) is 5.73 Å². The molecule has 0 aromatic heterocycles. The van der Waals surface area contributed by atoms with E-state index in [9.17, 15) is 13.2 Å². The van der Waals surface area contributed by atoms with Crippen molar-refractivity contribution in [3.8, 4) is 0 Å². The zero-order valence-electron chi connectivity index (χ0n) is 8.14. The van der Waals surface area contributed by atoms with Gasteiger partial charge in [-0.1, -0.05) is 0 Å². The van der Waals surface area contributed by atoms with Crippen LogP contribution < -0.4 is 5.73 Å². The summed E-state index contributed by atoms with van der Waals surface area (Å²) in [6.07, 6.45) is 0.357. The van der Waals surface area contributed by atoms with Gasteiger partial charge in [-0.05, 0) is 36.6 Å². The Morgan fingerprint density at radius 1 is 1.33 bits per heavy atom. The molecule has 2 rings (SSSR count). The van der Waals surface area contributed by atoms with Gasteiger partial charge in [-0.2, -0.15) is 0 Å². The lowest BCUT2D eigenvalue weighted by molar-refractivity contribution is 0.0435. The van der Waals surface area contributed by atoms with Gasteiger partial charge in [-0.3, -0.25) is 0 Å². The van der Waals surface area contributed by atoms with E-state index in [-0.39, 0.29) is 30.9 Å². The lowest BCUT2D eigenvalue weighted by atomic mass is 9.74. The molecule has 4 heteroatoms. The maximum Gasteiger partial charge on any atom is 0.126 e. The highest BCUT2D eigenvalue weighted by molar-refractivity contribution is 5.22. The van der Waals surface area contributed by atoms with E-state index in [1.54, 1.807) is 0 Å². The van der Waals surface area contributed by atoms with Gasteiger partial charge >= 0.3 is 0 Å². The van der Waals surface area contributed by atoms with E-state index in [0.717, 1.165) is 18.2 Å². The Morgan fingerprint density at radius 3 is 2.60 bits per heavy atom. The molecule has 1 aliphatic rings. The molecule has 0 unspecified atom stereocenters. The van der Waals surface area contributed by atoms with E-state index < -0.39 is 17.3 Å². The first-order valence-corrected chi connectivity index (χ1v) is 4.87. The molecule has 0 aliphatic heterocycles. The molecule has 2 N–H and O–H groups in total. The van der Waals surface area contributed by atoms with Gasteiger partial charge in [0.2, 0.25) is 0 Å². The highest BCUT2D eigenvalue weighted by atomic mass is 19.1. The standard InChI is InChI=1S/C11H12F3N/c12-8-1-2-10(13)7(3-8)4-11(14)5-9(15)6-11/h1-3,9H,4-6,15H2. The minimum Gasteiger partial charge on any atom is -0.327 e. The maximum absolute atomic E-state index is 13.8. The number of hydrogen-bond donors (Lipinski definition) is 1. The number of alkyl halides is 1. The van der Waals surface area contributed by atoms with Crippen LogP contribution in [0.15, 0.2) is 18.2 Å². The molecule has 0 bridgehead atoms. The quantitative estimate of drug-likeness (QED) is 0.805. The summed E-state index contributed by atoms with van der Waals surface area (Å²) in [7, 11) is 0. The van der Waals surface area contributed by atoms with Crippen molar-refractivity contribution in [1.29, 1.82) is 0 Å². The molecule has 0 spiro atoms. The van der Waals surface area contributed by atoms with Crippen molar-refractivity contribution in [2.45, 2.75) is 31.0 Å². The number of rotatable bonds is 2. The van der Waals surface area contributed by atoms with E-state index in [0.29, 0.717) is 0 Å². The summed E-state index contributed by atoms with van der Waals surface area (Å²) in [6, 6.07) is 2.94. The molecule has 1 aromatic rings. The Labute approximate surface area is 86.1 Å². The number of nitrogens with two attached hydrogens (primary N) is 1. The van der Waals surface area contributed by atoms with Gasteiger partial charge in [0.15, 0.2) is 0 Å². The highest BCUT2D eigenvalue weighted by Gasteiger charge is 2.43. The van der Waals surface area contributed by atoms with Gasteiger partial charge in [0.25, 0.3) is 0 Å². The van der Waals surface area contributed by atoms with Crippen LogP contribution in [0.25, 0.3) is 0 Å². The van der Waals surface area contributed by atoms with Crippen LogP contribution in [0.3, 0.4) is 0 Å². The largest absolute Gasteiger partial charge is 0.327 e. The minimum atomic E-state index is -1.45. The zero-order valence-corrected chi connectivity index (χ0v) is 8.14. The fourth-order valence-electron chi connectivity index (χ4n) is 2.04. The zero-order chi connectivity index (χ0) is 11.1. The Kier molecular flexibility index (Phi) is 2.46. The average Bonchev–Trinajstić information content (AvgIpc) is 2.09. The molecule has 1 nitrogen and oxygen atoms in total. The van der Waals surface area contributed by atoms with Crippen LogP contribution in [0.4, 0.5) is 13.2 Å². The molecule has 1 saturated carbocycles. The smallest absolute Gasteiger partial charge is 0.126 e. The van der Waals surface area contributed by atoms with Crippen molar-refractivity contribution in [2.24, 2.45) is 5.73 Å². The molecule has 1 aliphatic carbocycles. The fourth-order valence-corrected chi connectivity index (χ4v) is 2.04. The van der Waals surface area contributed by atoms with E-state index >= 15 is 0 Å². The summed E-state index contributed by atoms with van der Waals surface area (Å²) >= 11 is 0. The first-order chi connectivity index (χ1) is 6.98. The SMILES string of the molecule is NC1CC(F)(Cc2cc(F)ccc2F)C1. The lowest BCUT2D eigenvalue weighted by Crippen LogP contribution is -2.49. The van der Waals surface area contributed by atoms with E-state index in [2.05, 4.69) is 0 Å². The minimum absolute atomic E-state index is 0.0874. The number of benzene rings is 1. The van der Waals surface area contributed by atoms with Crippen LogP contribution in [-0.2, 0) is 6.42 Å². The molecular formula is C11H12F3N. The fraction of sp³-hybridized carbons (Fsp3) is 0.455. The predicted molar refractivity (Wildman–Crippen MR) is 51.1 cm³/mol. The third kappa shape index (κ3) is 2.15. The summed E-state index contributed by atoms with van der Waals surface area (Å²) < 4.78 is 39.8. The van der Waals surface area contributed by atoms with Crippen molar-refractivity contribution in [3.05, 3.63) is 35.4 Å². The summed E-state index contributed by atoms with van der Waals surface area (Å²) in [6.45, 7) is 0. The number of halogens is 3. The van der Waals surface area contributed by atoms with E-state index in [1.165, 1.54) is 0 Å². The summed E-state index contributed by atoms with van der Waals surface area (Å²) in [5, 5.41) is 0. The van der Waals surface area contributed by atoms with Gasteiger partial charge < -0.3 is 5.73 Å². The van der Waals surface area contributed by atoms with Gasteiger partial charge in [-0.25, -0.2) is 13.2 Å². The van der Waals surface area contributed by atoms with E-state index in [1.807, 2.05) is 0 Å². The summed E-state index contributed by atoms with van der Waals surface area (Å²) in [5.74, 6) is -1.10. The second-order valence-corrected chi connectivity index (χ2v) is 4.23. The van der Waals surface area contributed by atoms with Crippen molar-refractivity contribution >= 4 is 0 Å². The van der Waals surface area contributed by atoms with Crippen molar-refractivity contribution < 1.29 is 13.2 Å². The van der Waals surface area contributed by atoms with Gasteiger partial charge in [-0.15, -0.1) is 0 Å². The van der Waals surface area contributed by atoms with Crippen LogP contribution in [-0.4, -0.2) is 11.7 Å².